The first kappa shape index (κ1) is 14.2. The summed E-state index contributed by atoms with van der Waals surface area (Å²) in [7, 11) is 0. The summed E-state index contributed by atoms with van der Waals surface area (Å²) >= 11 is 6.04. The van der Waals surface area contributed by atoms with Crippen LogP contribution >= 0.6 is 11.6 Å². The maximum Gasteiger partial charge on any atom is 0.184 e. The second-order valence-electron chi connectivity index (χ2n) is 4.16. The van der Waals surface area contributed by atoms with E-state index in [-0.39, 0.29) is 5.52 Å². The van der Waals surface area contributed by atoms with Gasteiger partial charge in [-0.05, 0) is 26.0 Å². The normalized spacial score (nSPS) is 13.1. The Morgan fingerprint density at radius 3 is 2.79 bits per heavy atom. The lowest BCUT2D eigenvalue weighted by Crippen LogP contribution is -2.10. The molecule has 0 bridgehead atoms. The Hall–Kier alpha value is -1.20. The van der Waals surface area contributed by atoms with Crippen LogP contribution in [0.15, 0.2) is 12.1 Å². The molecule has 19 heavy (non-hydrogen) atoms. The van der Waals surface area contributed by atoms with Crippen LogP contribution in [0, 0.1) is 11.6 Å². The van der Waals surface area contributed by atoms with E-state index in [0.717, 1.165) is 6.07 Å². The molecule has 0 radical (unpaired) electrons. The Morgan fingerprint density at radius 1 is 1.42 bits per heavy atom. The zero-order chi connectivity index (χ0) is 14.0. The molecule has 104 valence electrons. The number of nitrogens with zero attached hydrogens (tertiary/aromatic N) is 2. The highest BCUT2D eigenvalue weighted by atomic mass is 35.5. The van der Waals surface area contributed by atoms with Gasteiger partial charge in [0.25, 0.3) is 0 Å². The summed E-state index contributed by atoms with van der Waals surface area (Å²) in [6, 6.07) is 2.52. The maximum absolute atomic E-state index is 13.9. The lowest BCUT2D eigenvalue weighted by Gasteiger charge is -2.10. The van der Waals surface area contributed by atoms with E-state index in [2.05, 4.69) is 4.98 Å². The molecule has 6 heteroatoms. The number of hydrogen-bond acceptors (Lipinski definition) is 2. The molecule has 0 N–H and O–H groups in total. The van der Waals surface area contributed by atoms with E-state index in [9.17, 15) is 8.78 Å². The number of hydrogen-bond donors (Lipinski definition) is 0. The van der Waals surface area contributed by atoms with Crippen LogP contribution in [0.25, 0.3) is 11.0 Å². The van der Waals surface area contributed by atoms with Crippen LogP contribution in [-0.4, -0.2) is 22.8 Å². The zero-order valence-corrected chi connectivity index (χ0v) is 11.5. The van der Waals surface area contributed by atoms with E-state index >= 15 is 0 Å². The topological polar surface area (TPSA) is 27.1 Å². The molecule has 0 amide bonds. The van der Waals surface area contributed by atoms with E-state index < -0.39 is 17.0 Å². The van der Waals surface area contributed by atoms with Crippen LogP contribution in [0.3, 0.4) is 0 Å². The molecular formula is C13H15ClF2N2O. The van der Waals surface area contributed by atoms with Gasteiger partial charge in [0.05, 0.1) is 17.5 Å². The van der Waals surface area contributed by atoms with Gasteiger partial charge >= 0.3 is 0 Å². The molecule has 1 unspecified atom stereocenters. The molecule has 0 saturated heterocycles. The van der Waals surface area contributed by atoms with Crippen LogP contribution in [0.5, 0.6) is 0 Å². The number of fused-ring (bicyclic) bond motifs is 1. The van der Waals surface area contributed by atoms with E-state index in [0.29, 0.717) is 31.1 Å². The highest BCUT2D eigenvalue weighted by molar-refractivity contribution is 6.20. The van der Waals surface area contributed by atoms with Crippen LogP contribution in [0.2, 0.25) is 0 Å². The van der Waals surface area contributed by atoms with E-state index in [4.69, 9.17) is 16.3 Å². The van der Waals surface area contributed by atoms with Gasteiger partial charge in [-0.3, -0.25) is 0 Å². The third-order valence-electron chi connectivity index (χ3n) is 2.85. The molecule has 2 rings (SSSR count). The first-order valence-corrected chi connectivity index (χ1v) is 6.55. The van der Waals surface area contributed by atoms with Gasteiger partial charge in [-0.15, -0.1) is 11.6 Å². The fourth-order valence-corrected chi connectivity index (χ4v) is 2.17. The molecule has 1 heterocycles. The van der Waals surface area contributed by atoms with E-state index in [1.807, 2.05) is 6.92 Å². The standard InChI is InChI=1S/C13H15ClF2N2O/c1-3-19-7-6-18-12-10(17-13(18)8(2)14)5-4-9(15)11(12)16/h4-5,8H,3,6-7H2,1-2H3. The Kier molecular flexibility index (Phi) is 4.37. The third kappa shape index (κ3) is 2.72. The Labute approximate surface area is 115 Å². The Bertz CT molecular complexity index is 584. The van der Waals surface area contributed by atoms with Crippen molar-refractivity contribution in [2.45, 2.75) is 25.8 Å². The third-order valence-corrected chi connectivity index (χ3v) is 3.04. The monoisotopic (exact) mass is 288 g/mol. The quantitative estimate of drug-likeness (QED) is 0.620. The van der Waals surface area contributed by atoms with Crippen molar-refractivity contribution in [1.29, 1.82) is 0 Å². The second kappa shape index (κ2) is 5.84. The largest absolute Gasteiger partial charge is 0.380 e. The Balaban J connectivity index is 2.54. The minimum atomic E-state index is -0.898. The summed E-state index contributed by atoms with van der Waals surface area (Å²) < 4.78 is 34.1. The predicted molar refractivity (Wildman–Crippen MR) is 70.4 cm³/mol. The lowest BCUT2D eigenvalue weighted by atomic mass is 10.3. The number of ether oxygens (including phenoxy) is 1. The van der Waals surface area contributed by atoms with Crippen molar-refractivity contribution in [2.24, 2.45) is 0 Å². The summed E-state index contributed by atoms with van der Waals surface area (Å²) in [5, 5.41) is -0.392. The van der Waals surface area contributed by atoms with Crippen molar-refractivity contribution in [3.63, 3.8) is 0 Å². The first-order chi connectivity index (χ1) is 9.06. The number of benzene rings is 1. The van der Waals surface area contributed by atoms with Crippen molar-refractivity contribution in [3.05, 3.63) is 29.6 Å². The number of halogens is 3. The van der Waals surface area contributed by atoms with Crippen LogP contribution in [-0.2, 0) is 11.3 Å². The predicted octanol–water partition coefficient (Wildman–Crippen LogP) is 3.65. The zero-order valence-electron chi connectivity index (χ0n) is 10.8. The van der Waals surface area contributed by atoms with Crippen molar-refractivity contribution < 1.29 is 13.5 Å². The molecule has 3 nitrogen and oxygen atoms in total. The Morgan fingerprint density at radius 2 is 2.16 bits per heavy atom. The second-order valence-corrected chi connectivity index (χ2v) is 4.82. The molecule has 0 fully saturated rings. The van der Waals surface area contributed by atoms with Gasteiger partial charge in [-0.25, -0.2) is 13.8 Å². The SMILES string of the molecule is CCOCCn1c(C(C)Cl)nc2ccc(F)c(F)c21. The first-order valence-electron chi connectivity index (χ1n) is 6.12. The highest BCUT2D eigenvalue weighted by Gasteiger charge is 2.19. The average molecular weight is 289 g/mol. The van der Waals surface area contributed by atoms with Gasteiger partial charge in [0.15, 0.2) is 11.6 Å². The van der Waals surface area contributed by atoms with Gasteiger partial charge in [-0.1, -0.05) is 0 Å². The molecule has 1 aromatic heterocycles. The number of alkyl halides is 1. The highest BCUT2D eigenvalue weighted by Crippen LogP contribution is 2.27. The minimum absolute atomic E-state index is 0.141. The molecule has 0 saturated carbocycles. The van der Waals surface area contributed by atoms with E-state index in [1.165, 1.54) is 6.07 Å². The van der Waals surface area contributed by atoms with Gasteiger partial charge in [0, 0.05) is 13.2 Å². The molecule has 0 aliphatic heterocycles. The van der Waals surface area contributed by atoms with Gasteiger partial charge in [-0.2, -0.15) is 0 Å². The average Bonchev–Trinajstić information content (AvgIpc) is 2.74. The minimum Gasteiger partial charge on any atom is -0.380 e. The fraction of sp³-hybridized carbons (Fsp3) is 0.462. The summed E-state index contributed by atoms with van der Waals surface area (Å²) in [6.45, 7) is 4.96. The van der Waals surface area contributed by atoms with Crippen LogP contribution < -0.4 is 0 Å². The number of rotatable bonds is 5. The number of aromatic nitrogens is 2. The van der Waals surface area contributed by atoms with Gasteiger partial charge < -0.3 is 9.30 Å². The van der Waals surface area contributed by atoms with Crippen LogP contribution in [0.1, 0.15) is 25.0 Å². The molecule has 0 spiro atoms. The smallest absolute Gasteiger partial charge is 0.184 e. The molecule has 2 aromatic rings. The summed E-state index contributed by atoms with van der Waals surface area (Å²) in [5.74, 6) is -1.27. The molecule has 1 atom stereocenters. The summed E-state index contributed by atoms with van der Waals surface area (Å²) in [6.07, 6.45) is 0. The van der Waals surface area contributed by atoms with Gasteiger partial charge in [0.1, 0.15) is 11.3 Å². The van der Waals surface area contributed by atoms with Crippen molar-refractivity contribution in [2.75, 3.05) is 13.2 Å². The summed E-state index contributed by atoms with van der Waals surface area (Å²) in [4.78, 5) is 4.26. The van der Waals surface area contributed by atoms with Crippen molar-refractivity contribution >= 4 is 22.6 Å². The van der Waals surface area contributed by atoms with Crippen molar-refractivity contribution in [3.8, 4) is 0 Å². The molecule has 0 aliphatic rings. The number of imidazole rings is 1. The molecule has 0 aliphatic carbocycles. The molecule has 1 aromatic carbocycles. The van der Waals surface area contributed by atoms with Crippen molar-refractivity contribution in [1.82, 2.24) is 9.55 Å². The lowest BCUT2D eigenvalue weighted by molar-refractivity contribution is 0.139. The van der Waals surface area contributed by atoms with Gasteiger partial charge in [0.2, 0.25) is 0 Å². The van der Waals surface area contributed by atoms with Crippen LogP contribution in [0.4, 0.5) is 8.78 Å². The maximum atomic E-state index is 13.9. The molecular weight excluding hydrogens is 274 g/mol. The summed E-state index contributed by atoms with van der Waals surface area (Å²) in [5.41, 5.74) is 0.542. The van der Waals surface area contributed by atoms with E-state index in [1.54, 1.807) is 11.5 Å². The fourth-order valence-electron chi connectivity index (χ4n) is 2.01.